The van der Waals surface area contributed by atoms with Gasteiger partial charge >= 0.3 is 0 Å². The highest BCUT2D eigenvalue weighted by atomic mass is 32.2. The Bertz CT molecular complexity index is 922. The summed E-state index contributed by atoms with van der Waals surface area (Å²) in [7, 11) is -2.15. The second kappa shape index (κ2) is 11.1. The van der Waals surface area contributed by atoms with Crippen molar-refractivity contribution in [1.29, 1.82) is 0 Å². The number of carbonyl (C=O) groups excluding carboxylic acids is 1. The molecule has 29 heavy (non-hydrogen) atoms. The van der Waals surface area contributed by atoms with Crippen molar-refractivity contribution in [3.8, 4) is 5.75 Å². The Morgan fingerprint density at radius 1 is 1.21 bits per heavy atom. The predicted octanol–water partition coefficient (Wildman–Crippen LogP) is 3.04. The number of halogens is 1. The van der Waals surface area contributed by atoms with Gasteiger partial charge in [-0.1, -0.05) is 24.3 Å². The zero-order valence-electron chi connectivity index (χ0n) is 16.4. The van der Waals surface area contributed by atoms with Gasteiger partial charge in [0.05, 0.1) is 19.1 Å². The van der Waals surface area contributed by atoms with Gasteiger partial charge in [0.25, 0.3) is 0 Å². The molecule has 0 heterocycles. The molecule has 2 aromatic rings. The van der Waals surface area contributed by atoms with Crippen LogP contribution in [0.3, 0.4) is 0 Å². The van der Waals surface area contributed by atoms with Crippen LogP contribution in [-0.4, -0.2) is 46.5 Å². The Labute approximate surface area is 175 Å². The van der Waals surface area contributed by atoms with Crippen molar-refractivity contribution in [3.63, 3.8) is 0 Å². The molecule has 1 amide bonds. The lowest BCUT2D eigenvalue weighted by molar-refractivity contribution is -0.119. The predicted molar refractivity (Wildman–Crippen MR) is 115 cm³/mol. The summed E-state index contributed by atoms with van der Waals surface area (Å²) < 4.78 is 43.9. The van der Waals surface area contributed by atoms with E-state index < -0.39 is 15.9 Å². The highest BCUT2D eigenvalue weighted by Gasteiger charge is 2.21. The maximum atomic E-state index is 13.5. The van der Waals surface area contributed by atoms with Crippen LogP contribution in [0.25, 0.3) is 0 Å². The molecule has 1 N–H and O–H groups in total. The minimum Gasteiger partial charge on any atom is -0.497 e. The summed E-state index contributed by atoms with van der Waals surface area (Å²) in [6.45, 7) is 0.104. The number of hydrogen-bond donors (Lipinski definition) is 1. The average Bonchev–Trinajstić information content (AvgIpc) is 2.69. The van der Waals surface area contributed by atoms with Crippen LogP contribution in [-0.2, 0) is 20.6 Å². The quantitative estimate of drug-likeness (QED) is 0.544. The normalized spacial score (nSPS) is 11.1. The van der Waals surface area contributed by atoms with Crippen molar-refractivity contribution < 1.29 is 22.3 Å². The third-order valence-corrected chi connectivity index (χ3v) is 6.26. The van der Waals surface area contributed by atoms with E-state index >= 15 is 0 Å². The van der Waals surface area contributed by atoms with Crippen molar-refractivity contribution in [2.75, 3.05) is 36.5 Å². The zero-order chi connectivity index (χ0) is 21.3. The molecule has 0 bridgehead atoms. The van der Waals surface area contributed by atoms with E-state index in [4.69, 9.17) is 4.74 Å². The molecular formula is C20H25FN2O4S2. The number of methoxy groups -OCH3 is 1. The van der Waals surface area contributed by atoms with Gasteiger partial charge < -0.3 is 10.1 Å². The smallest absolute Gasteiger partial charge is 0.240 e. The summed E-state index contributed by atoms with van der Waals surface area (Å²) in [6, 6.07) is 13.2. The standard InChI is InChI=1S/C20H25FN2O4S2/c1-27-18-9-5-8-17(13-18)23(29(2,25)26)14-20(24)22-11-6-12-28-15-16-7-3-4-10-19(16)21/h3-5,7-10,13H,6,11-12,14-15H2,1-2H3,(H,22,24). The number of ether oxygens (including phenoxy) is 1. The molecule has 0 unspecified atom stereocenters. The molecule has 0 aliphatic heterocycles. The summed E-state index contributed by atoms with van der Waals surface area (Å²) in [6.07, 6.45) is 1.75. The van der Waals surface area contributed by atoms with Gasteiger partial charge in [0, 0.05) is 18.4 Å². The molecule has 0 atom stereocenters. The van der Waals surface area contributed by atoms with E-state index in [0.717, 1.165) is 16.3 Å². The number of rotatable bonds is 11. The van der Waals surface area contributed by atoms with E-state index in [9.17, 15) is 17.6 Å². The fourth-order valence-electron chi connectivity index (χ4n) is 2.55. The van der Waals surface area contributed by atoms with Crippen molar-refractivity contribution in [2.45, 2.75) is 12.2 Å². The number of nitrogens with zero attached hydrogens (tertiary/aromatic N) is 1. The van der Waals surface area contributed by atoms with Gasteiger partial charge in [0.2, 0.25) is 15.9 Å². The third-order valence-electron chi connectivity index (χ3n) is 4.03. The first-order valence-corrected chi connectivity index (χ1v) is 12.0. The van der Waals surface area contributed by atoms with E-state index in [2.05, 4.69) is 5.32 Å². The summed E-state index contributed by atoms with van der Waals surface area (Å²) >= 11 is 1.58. The van der Waals surface area contributed by atoms with Gasteiger partial charge in [-0.25, -0.2) is 12.8 Å². The molecule has 0 fully saturated rings. The Morgan fingerprint density at radius 3 is 2.66 bits per heavy atom. The van der Waals surface area contributed by atoms with Gasteiger partial charge in [-0.2, -0.15) is 11.8 Å². The average molecular weight is 441 g/mol. The van der Waals surface area contributed by atoms with Crippen molar-refractivity contribution >= 4 is 33.4 Å². The molecule has 6 nitrogen and oxygen atoms in total. The first-order valence-electron chi connectivity index (χ1n) is 9.01. The molecule has 0 spiro atoms. The zero-order valence-corrected chi connectivity index (χ0v) is 18.1. The minimum absolute atomic E-state index is 0.216. The van der Waals surface area contributed by atoms with E-state index in [-0.39, 0.29) is 12.4 Å². The molecule has 0 saturated heterocycles. The number of sulfonamides is 1. The van der Waals surface area contributed by atoms with E-state index in [1.54, 1.807) is 54.2 Å². The van der Waals surface area contributed by atoms with Crippen molar-refractivity contribution in [3.05, 3.63) is 59.9 Å². The third kappa shape index (κ3) is 7.58. The molecular weight excluding hydrogens is 415 g/mol. The molecule has 0 aromatic heterocycles. The fourth-order valence-corrected chi connectivity index (χ4v) is 4.35. The Morgan fingerprint density at radius 2 is 1.97 bits per heavy atom. The first kappa shape index (κ1) is 23.0. The molecule has 0 aliphatic rings. The van der Waals surface area contributed by atoms with Crippen LogP contribution in [0.1, 0.15) is 12.0 Å². The second-order valence-corrected chi connectivity index (χ2v) is 9.33. The van der Waals surface area contributed by atoms with Gasteiger partial charge in [-0.05, 0) is 35.9 Å². The summed E-state index contributed by atoms with van der Waals surface area (Å²) in [4.78, 5) is 12.2. The maximum absolute atomic E-state index is 13.5. The summed E-state index contributed by atoms with van der Waals surface area (Å²) in [5, 5.41) is 2.73. The van der Waals surface area contributed by atoms with E-state index in [1.165, 1.54) is 13.2 Å². The topological polar surface area (TPSA) is 75.7 Å². The van der Waals surface area contributed by atoms with E-state index in [0.29, 0.717) is 35.7 Å². The molecule has 0 saturated carbocycles. The molecule has 2 aromatic carbocycles. The number of nitrogens with one attached hydrogen (secondary N) is 1. The number of thioether (sulfide) groups is 1. The van der Waals surface area contributed by atoms with Crippen LogP contribution >= 0.6 is 11.8 Å². The van der Waals surface area contributed by atoms with Crippen molar-refractivity contribution in [1.82, 2.24) is 5.32 Å². The molecule has 0 aliphatic carbocycles. The summed E-state index contributed by atoms with van der Waals surface area (Å²) in [5.41, 5.74) is 1.02. The van der Waals surface area contributed by atoms with Crippen LogP contribution in [0, 0.1) is 5.82 Å². The van der Waals surface area contributed by atoms with E-state index in [1.807, 2.05) is 0 Å². The molecule has 158 valence electrons. The first-order chi connectivity index (χ1) is 13.8. The van der Waals surface area contributed by atoms with Crippen LogP contribution < -0.4 is 14.4 Å². The number of carbonyl (C=O) groups is 1. The molecule has 0 radical (unpaired) electrons. The lowest BCUT2D eigenvalue weighted by Gasteiger charge is -2.22. The van der Waals surface area contributed by atoms with Crippen LogP contribution in [0.2, 0.25) is 0 Å². The van der Waals surface area contributed by atoms with Gasteiger partial charge in [0.15, 0.2) is 0 Å². The highest BCUT2D eigenvalue weighted by molar-refractivity contribution is 7.98. The van der Waals surface area contributed by atoms with Crippen molar-refractivity contribution in [2.24, 2.45) is 0 Å². The van der Waals surface area contributed by atoms with Crippen LogP contribution in [0.5, 0.6) is 5.75 Å². The number of amides is 1. The number of anilines is 1. The lowest BCUT2D eigenvalue weighted by atomic mass is 10.2. The molecule has 9 heteroatoms. The van der Waals surface area contributed by atoms with Gasteiger partial charge in [0.1, 0.15) is 18.1 Å². The Kier molecular flexibility index (Phi) is 8.78. The van der Waals surface area contributed by atoms with Gasteiger partial charge in [-0.3, -0.25) is 9.10 Å². The Hall–Kier alpha value is -2.26. The Balaban J connectivity index is 1.79. The maximum Gasteiger partial charge on any atom is 0.240 e. The second-order valence-electron chi connectivity index (χ2n) is 6.32. The minimum atomic E-state index is -3.63. The number of benzene rings is 2. The highest BCUT2D eigenvalue weighted by Crippen LogP contribution is 2.22. The van der Waals surface area contributed by atoms with Crippen LogP contribution in [0.15, 0.2) is 48.5 Å². The monoisotopic (exact) mass is 440 g/mol. The lowest BCUT2D eigenvalue weighted by Crippen LogP contribution is -2.40. The molecule has 2 rings (SSSR count). The SMILES string of the molecule is COc1cccc(N(CC(=O)NCCCSCc2ccccc2F)S(C)(=O)=O)c1. The van der Waals surface area contributed by atoms with Crippen LogP contribution in [0.4, 0.5) is 10.1 Å². The number of hydrogen-bond acceptors (Lipinski definition) is 5. The summed E-state index contributed by atoms with van der Waals surface area (Å²) in [5.74, 6) is 1.21. The largest absolute Gasteiger partial charge is 0.497 e. The van der Waals surface area contributed by atoms with Gasteiger partial charge in [-0.15, -0.1) is 0 Å². The fraction of sp³-hybridized carbons (Fsp3) is 0.350.